The van der Waals surface area contributed by atoms with Gasteiger partial charge in [-0.25, -0.2) is 0 Å². The van der Waals surface area contributed by atoms with Gasteiger partial charge in [0.1, 0.15) is 59.9 Å². The van der Waals surface area contributed by atoms with Gasteiger partial charge in [-0.2, -0.15) is 13.2 Å². The molecule has 4 aliphatic carbocycles. The molecule has 4 saturated carbocycles. The summed E-state index contributed by atoms with van der Waals surface area (Å²) in [5, 5.41) is 7.76. The lowest BCUT2D eigenvalue weighted by atomic mass is 9.78. The van der Waals surface area contributed by atoms with Gasteiger partial charge in [-0.05, 0) is 132 Å². The van der Waals surface area contributed by atoms with Crippen LogP contribution in [0.4, 0.5) is 13.2 Å². The second kappa shape index (κ2) is 38.2. The molecule has 0 bridgehead atoms. The van der Waals surface area contributed by atoms with Crippen molar-refractivity contribution in [3.63, 3.8) is 0 Å². The first kappa shape index (κ1) is 86.0. The van der Waals surface area contributed by atoms with Crippen molar-refractivity contribution in [2.24, 2.45) is 41.4 Å². The zero-order valence-corrected chi connectivity index (χ0v) is 66.1. The molecule has 0 aromatic heterocycles. The van der Waals surface area contributed by atoms with E-state index in [9.17, 15) is 37.1 Å². The van der Waals surface area contributed by atoms with Gasteiger partial charge >= 0.3 is 6.18 Å². The fourth-order valence-electron chi connectivity index (χ4n) is 17.6. The Morgan fingerprint density at radius 2 is 1.14 bits per heavy atom. The average molecular weight is 1500 g/mol. The number of nitrogens with zero attached hydrogens (tertiary/aromatic N) is 9. The van der Waals surface area contributed by atoms with Gasteiger partial charge in [-0.1, -0.05) is 125 Å². The molecular weight excluding hydrogens is 1380 g/mol. The second-order valence-corrected chi connectivity index (χ2v) is 33.6. The third-order valence-corrected chi connectivity index (χ3v) is 25.3. The van der Waals surface area contributed by atoms with Crippen LogP contribution < -0.4 is 16.0 Å². The summed E-state index contributed by atoms with van der Waals surface area (Å²) >= 11 is 6.47. The predicted molar refractivity (Wildman–Crippen MR) is 393 cm³/mol. The van der Waals surface area contributed by atoms with E-state index in [-0.39, 0.29) is 101 Å². The van der Waals surface area contributed by atoms with Crippen LogP contribution in [0, 0.1) is 41.4 Å². The Morgan fingerprint density at radius 3 is 1.68 bits per heavy atom. The third-order valence-electron chi connectivity index (χ3n) is 24.8. The highest BCUT2D eigenvalue weighted by Crippen LogP contribution is 2.44. The number of amides is 12. The molecule has 3 unspecified atom stereocenters. The van der Waals surface area contributed by atoms with E-state index in [1.165, 1.54) is 95.5 Å². The number of likely N-dealkylation sites (N-methyl/N-ethyl adjacent to an activating group) is 7. The number of carbonyl (C=O) groups excluding carboxylic acids is 12. The quantitative estimate of drug-likeness (QED) is 0.149. The van der Waals surface area contributed by atoms with Crippen molar-refractivity contribution < 1.29 is 70.7 Å². The van der Waals surface area contributed by atoms with Crippen LogP contribution >= 0.6 is 11.6 Å². The highest BCUT2D eigenvalue weighted by Gasteiger charge is 2.52. The SMILES string of the molecule is CC[C@H](C)[C@@H]1NC(=O)[C@H](CC(C)C)N(C)C(=O)C[C@@H](C(=O)N2CCCCC2)N(C)C(=O)[C@H](C(C)C)N(C)C(=O)C2(CCCC2)NC(=O)[C@@H](CC2CCCCC2)N(C)C(=O)[C@H](CCC2CCC(C(F)(F)F)C(Cl)C2)NC(=O)CN(C)C(=O)[C@H](CC2CCCCC2)N(C)C(=O)[C@@H]2CCN2C(=O)[C@H](C)N(C)C1=O. The highest BCUT2D eigenvalue weighted by molar-refractivity contribution is 6.21. The molecule has 105 heavy (non-hydrogen) atoms. The van der Waals surface area contributed by atoms with Gasteiger partial charge in [0, 0.05) is 74.3 Å². The molecule has 0 aromatic rings. The lowest BCUT2D eigenvalue weighted by molar-refractivity contribution is -0.182. The lowest BCUT2D eigenvalue weighted by Gasteiger charge is -2.45. The smallest absolute Gasteiger partial charge is 0.343 e. The van der Waals surface area contributed by atoms with Gasteiger partial charge in [0.15, 0.2) is 0 Å². The number of piperidine rings is 1. The van der Waals surface area contributed by atoms with Crippen LogP contribution in [0.1, 0.15) is 228 Å². The molecule has 7 fully saturated rings. The average Bonchev–Trinajstić information content (AvgIpc) is 1.77. The molecule has 594 valence electrons. The van der Waals surface area contributed by atoms with Crippen molar-refractivity contribution in [1.82, 2.24) is 60.0 Å². The zero-order valence-electron chi connectivity index (χ0n) is 65.4. The highest BCUT2D eigenvalue weighted by atomic mass is 35.5. The molecule has 3 saturated heterocycles. The molecule has 24 nitrogen and oxygen atoms in total. The van der Waals surface area contributed by atoms with Crippen LogP contribution in [0.3, 0.4) is 0 Å². The first-order chi connectivity index (χ1) is 49.4. The summed E-state index contributed by atoms with van der Waals surface area (Å²) in [7, 11) is 10.2. The maximum Gasteiger partial charge on any atom is 0.393 e. The molecule has 0 radical (unpaired) electrons. The minimum Gasteiger partial charge on any atom is -0.343 e. The molecule has 3 N–H and O–H groups in total. The summed E-state index contributed by atoms with van der Waals surface area (Å²) in [5.41, 5.74) is -1.59. The van der Waals surface area contributed by atoms with E-state index in [4.69, 9.17) is 11.6 Å². The second-order valence-electron chi connectivity index (χ2n) is 33.1. The van der Waals surface area contributed by atoms with E-state index in [2.05, 4.69) is 16.0 Å². The van der Waals surface area contributed by atoms with Crippen molar-refractivity contribution in [2.45, 2.75) is 300 Å². The van der Waals surface area contributed by atoms with Gasteiger partial charge in [0.05, 0.1) is 18.9 Å². The summed E-state index contributed by atoms with van der Waals surface area (Å²) in [4.78, 5) is 194. The predicted octanol–water partition coefficient (Wildman–Crippen LogP) is 7.90. The van der Waals surface area contributed by atoms with Crippen molar-refractivity contribution in [1.29, 1.82) is 0 Å². The topological polar surface area (TPSA) is 270 Å². The number of fused-ring (bicyclic) bond motifs is 1. The Hall–Kier alpha value is -6.28. The third kappa shape index (κ3) is 21.4. The van der Waals surface area contributed by atoms with Gasteiger partial charge in [0.2, 0.25) is 70.9 Å². The summed E-state index contributed by atoms with van der Waals surface area (Å²) in [5.74, 6) is -10.8. The Labute approximate surface area is 627 Å². The van der Waals surface area contributed by atoms with E-state index in [0.717, 1.165) is 70.6 Å². The Balaban J connectivity index is 1.31. The molecule has 3 aliphatic heterocycles. The number of likely N-dealkylation sites (tertiary alicyclic amines) is 1. The number of carbonyl (C=O) groups is 12. The van der Waals surface area contributed by atoms with E-state index >= 15 is 33.6 Å². The Kier molecular flexibility index (Phi) is 31.3. The number of nitrogens with one attached hydrogen (secondary N) is 3. The number of hydrogen-bond donors (Lipinski definition) is 3. The maximum atomic E-state index is 15.7. The molecule has 7 aliphatic rings. The number of rotatable bonds is 13. The standard InChI is InChI=1S/C77H126ClF3N12O12/c1-15-49(6)64-73(103)86(9)50(7)68(98)93-40-35-57(93)71(101)89(12)60(44-52-29-21-17-22-30-52)70(100)85(8)46-62(94)82-56(34-32-53-31-33-54(55(78)42-53)77(79,80)81)69(99)88(11)59(43-51-27-19-16-20-28-51)67(97)84-76(36-23-24-37-76)75(105)91(14)65(48(4)5)74(104)90(13)61(72(102)92-38-25-18-26-39-92)45-63(95)87(10)58(41-47(2)3)66(96)83-64/h47-61,64-65H,15-46H2,1-14H3,(H,82,94)(H,83,96)(H,84,97)/t49-,50-,53?,54?,55?,56-,57-,58-,59+,60-,61-,64-,65-/m0/s1. The monoisotopic (exact) mass is 1500 g/mol. The van der Waals surface area contributed by atoms with Crippen LogP contribution in [0.15, 0.2) is 0 Å². The summed E-state index contributed by atoms with van der Waals surface area (Å²) < 4.78 is 42.4. The molecule has 13 atom stereocenters. The van der Waals surface area contributed by atoms with Crippen LogP contribution in [-0.2, 0) is 57.5 Å². The largest absolute Gasteiger partial charge is 0.393 e. The Bertz CT molecular complexity index is 3050. The lowest BCUT2D eigenvalue weighted by Crippen LogP contribution is -2.65. The molecular formula is C77H126ClF3N12O12. The number of halogens is 4. The molecule has 28 heteroatoms. The normalized spacial score (nSPS) is 30.6. The van der Waals surface area contributed by atoms with Gasteiger partial charge in [-0.3, -0.25) is 57.5 Å². The van der Waals surface area contributed by atoms with Crippen LogP contribution in [0.5, 0.6) is 0 Å². The fraction of sp³-hybridized carbons (Fsp3) is 0.844. The minimum absolute atomic E-state index is 0.00510. The Morgan fingerprint density at radius 1 is 0.571 bits per heavy atom. The van der Waals surface area contributed by atoms with E-state index in [0.29, 0.717) is 45.2 Å². The zero-order chi connectivity index (χ0) is 77.7. The summed E-state index contributed by atoms with van der Waals surface area (Å²) in [6.45, 7) is 12.7. The molecule has 7 rings (SSSR count). The van der Waals surface area contributed by atoms with Gasteiger partial charge < -0.3 is 60.0 Å². The summed E-state index contributed by atoms with van der Waals surface area (Å²) in [6.07, 6.45) is 8.37. The van der Waals surface area contributed by atoms with E-state index in [1.807, 2.05) is 20.8 Å². The first-order valence-corrected chi connectivity index (χ1v) is 39.9. The maximum absolute atomic E-state index is 15.7. The fourth-order valence-corrected chi connectivity index (χ4v) is 18.1. The summed E-state index contributed by atoms with van der Waals surface area (Å²) in [6, 6.07) is -11.0. The van der Waals surface area contributed by atoms with Crippen LogP contribution in [-0.4, -0.2) is 262 Å². The number of hydrogen-bond acceptors (Lipinski definition) is 12. The van der Waals surface area contributed by atoms with Crippen LogP contribution in [0.2, 0.25) is 0 Å². The molecule has 3 heterocycles. The van der Waals surface area contributed by atoms with Gasteiger partial charge in [0.25, 0.3) is 0 Å². The van der Waals surface area contributed by atoms with Crippen molar-refractivity contribution in [3.05, 3.63) is 0 Å². The molecule has 12 amide bonds. The molecule has 0 aromatic carbocycles. The van der Waals surface area contributed by atoms with Crippen LogP contribution in [0.25, 0.3) is 0 Å². The first-order valence-electron chi connectivity index (χ1n) is 39.5. The van der Waals surface area contributed by atoms with E-state index < -0.39 is 173 Å². The molecule has 1 spiro atoms. The van der Waals surface area contributed by atoms with Gasteiger partial charge in [-0.15, -0.1) is 11.6 Å². The van der Waals surface area contributed by atoms with Crippen molar-refractivity contribution in [2.75, 3.05) is 75.5 Å². The van der Waals surface area contributed by atoms with Crippen molar-refractivity contribution in [3.8, 4) is 0 Å². The minimum atomic E-state index is -4.52. The number of alkyl halides is 4. The van der Waals surface area contributed by atoms with Crippen molar-refractivity contribution >= 4 is 82.5 Å². The van der Waals surface area contributed by atoms with E-state index in [1.54, 1.807) is 25.7 Å².